The maximum Gasteiger partial charge on any atom is 0.166 e. The van der Waals surface area contributed by atoms with E-state index in [1.165, 1.54) is 43.8 Å². The number of para-hydroxylation sites is 4. The lowest BCUT2D eigenvalue weighted by atomic mass is 9.98. The van der Waals surface area contributed by atoms with E-state index in [4.69, 9.17) is 15.0 Å². The average molecular weight is 820 g/mol. The summed E-state index contributed by atoms with van der Waals surface area (Å²) in [5.41, 5.74) is 16.4. The van der Waals surface area contributed by atoms with Gasteiger partial charge >= 0.3 is 0 Å². The van der Waals surface area contributed by atoms with E-state index in [-0.39, 0.29) is 0 Å². The number of benzene rings is 9. The highest BCUT2D eigenvalue weighted by molar-refractivity contribution is 6.14. The van der Waals surface area contributed by atoms with Gasteiger partial charge in [0.2, 0.25) is 0 Å². The molecular weight excluding hydrogens is 779 g/mol. The first-order valence-corrected chi connectivity index (χ1v) is 21.8. The standard InChI is InChI=1S/C59H41N5/c1-38-33-39(2)35-44(34-38)42-29-31-49-47-23-12-15-28-53(47)64(55(49)37-42)54-32-30-43(46-25-16-26-50-48-24-13-14-27-52(48)63(56(46)50)45-21-10-5-11-22-45)36-51(54)59-61-57(40-17-6-3-7-18-40)60-58(62-59)41-19-8-4-9-20-41/h3-37H,1-2H3. The predicted octanol–water partition coefficient (Wildman–Crippen LogP) is 15.0. The number of hydrogen-bond donors (Lipinski definition) is 0. The SMILES string of the molecule is Cc1cc(C)cc(-c2ccc3c4ccccc4n(-c4ccc(-c5cccc6c7ccccc7n(-c7ccccc7)c56)cc4-c4nc(-c5ccccc5)nc(-c5ccccc5)n4)c3c2)c1. The third-order valence-electron chi connectivity index (χ3n) is 12.4. The zero-order chi connectivity index (χ0) is 42.7. The zero-order valence-corrected chi connectivity index (χ0v) is 35.4. The van der Waals surface area contributed by atoms with Crippen molar-refractivity contribution in [2.75, 3.05) is 0 Å². The Morgan fingerprint density at radius 1 is 0.312 bits per heavy atom. The summed E-state index contributed by atoms with van der Waals surface area (Å²) in [4.78, 5) is 15.9. The van der Waals surface area contributed by atoms with Crippen LogP contribution in [0.5, 0.6) is 0 Å². The second kappa shape index (κ2) is 15.2. The summed E-state index contributed by atoms with van der Waals surface area (Å²) in [6, 6.07) is 75.7. The molecule has 0 saturated carbocycles. The van der Waals surface area contributed by atoms with Crippen LogP contribution in [0.25, 0.3) is 111 Å². The van der Waals surface area contributed by atoms with E-state index in [2.05, 4.69) is 199 Å². The average Bonchev–Trinajstić information content (AvgIpc) is 3.87. The molecule has 3 aromatic heterocycles. The first kappa shape index (κ1) is 37.4. The highest BCUT2D eigenvalue weighted by Crippen LogP contribution is 2.43. The summed E-state index contributed by atoms with van der Waals surface area (Å²) in [6.07, 6.45) is 0. The molecule has 3 heterocycles. The van der Waals surface area contributed by atoms with Gasteiger partial charge in [-0.15, -0.1) is 0 Å². The molecule has 0 aliphatic heterocycles. The first-order chi connectivity index (χ1) is 31.6. The Kier molecular flexibility index (Phi) is 8.87. The van der Waals surface area contributed by atoms with Crippen molar-refractivity contribution in [1.82, 2.24) is 24.1 Å². The summed E-state index contributed by atoms with van der Waals surface area (Å²) < 4.78 is 4.81. The summed E-state index contributed by atoms with van der Waals surface area (Å²) in [6.45, 7) is 4.34. The van der Waals surface area contributed by atoms with Crippen molar-refractivity contribution < 1.29 is 0 Å². The summed E-state index contributed by atoms with van der Waals surface area (Å²) in [7, 11) is 0. The lowest BCUT2D eigenvalue weighted by Gasteiger charge is -2.17. The van der Waals surface area contributed by atoms with Gasteiger partial charge < -0.3 is 9.13 Å². The molecule has 0 bridgehead atoms. The van der Waals surface area contributed by atoms with Crippen LogP contribution in [0.3, 0.4) is 0 Å². The van der Waals surface area contributed by atoms with Gasteiger partial charge in [0.05, 0.1) is 27.8 Å². The molecule has 302 valence electrons. The number of hydrogen-bond acceptors (Lipinski definition) is 3. The third-order valence-corrected chi connectivity index (χ3v) is 12.4. The number of aryl methyl sites for hydroxylation is 2. The fraction of sp³-hybridized carbons (Fsp3) is 0.0339. The van der Waals surface area contributed by atoms with Crippen molar-refractivity contribution in [1.29, 1.82) is 0 Å². The fourth-order valence-electron chi connectivity index (χ4n) is 9.65. The molecule has 12 aromatic rings. The van der Waals surface area contributed by atoms with Crippen LogP contribution in [-0.2, 0) is 0 Å². The Balaban J connectivity index is 1.18. The Labute approximate surface area is 371 Å². The van der Waals surface area contributed by atoms with Gasteiger partial charge in [-0.1, -0.05) is 181 Å². The van der Waals surface area contributed by atoms with Crippen molar-refractivity contribution in [2.45, 2.75) is 13.8 Å². The molecule has 0 aliphatic rings. The Hall–Kier alpha value is -8.41. The van der Waals surface area contributed by atoms with E-state index in [9.17, 15) is 0 Å². The van der Waals surface area contributed by atoms with Crippen LogP contribution in [0.1, 0.15) is 11.1 Å². The van der Waals surface area contributed by atoms with E-state index >= 15 is 0 Å². The molecule has 5 heteroatoms. The van der Waals surface area contributed by atoms with E-state index in [1.54, 1.807) is 0 Å². The van der Waals surface area contributed by atoms with Crippen molar-refractivity contribution in [3.63, 3.8) is 0 Å². The van der Waals surface area contributed by atoms with Crippen LogP contribution in [0.4, 0.5) is 0 Å². The van der Waals surface area contributed by atoms with Crippen molar-refractivity contribution in [2.24, 2.45) is 0 Å². The molecule has 0 amide bonds. The number of nitrogens with zero attached hydrogens (tertiary/aromatic N) is 5. The van der Waals surface area contributed by atoms with Crippen LogP contribution in [-0.4, -0.2) is 24.1 Å². The van der Waals surface area contributed by atoms with Crippen molar-refractivity contribution in [3.05, 3.63) is 223 Å². The smallest absolute Gasteiger partial charge is 0.166 e. The topological polar surface area (TPSA) is 48.5 Å². The van der Waals surface area contributed by atoms with Crippen LogP contribution < -0.4 is 0 Å². The first-order valence-electron chi connectivity index (χ1n) is 21.8. The molecular formula is C59H41N5. The molecule has 9 aromatic carbocycles. The highest BCUT2D eigenvalue weighted by atomic mass is 15.1. The van der Waals surface area contributed by atoms with E-state index in [0.717, 1.165) is 61.3 Å². The minimum Gasteiger partial charge on any atom is -0.309 e. The van der Waals surface area contributed by atoms with Crippen molar-refractivity contribution >= 4 is 43.6 Å². The van der Waals surface area contributed by atoms with Gasteiger partial charge in [0, 0.05) is 49.5 Å². The lowest BCUT2D eigenvalue weighted by molar-refractivity contribution is 1.06. The van der Waals surface area contributed by atoms with E-state index in [0.29, 0.717) is 17.5 Å². The summed E-state index contributed by atoms with van der Waals surface area (Å²) in [5.74, 6) is 1.83. The molecule has 0 spiro atoms. The lowest BCUT2D eigenvalue weighted by Crippen LogP contribution is -2.04. The quantitative estimate of drug-likeness (QED) is 0.161. The maximum atomic E-state index is 5.37. The summed E-state index contributed by atoms with van der Waals surface area (Å²) in [5, 5.41) is 4.77. The van der Waals surface area contributed by atoms with Crippen LogP contribution in [0, 0.1) is 13.8 Å². The molecule has 0 N–H and O–H groups in total. The molecule has 0 atom stereocenters. The predicted molar refractivity (Wildman–Crippen MR) is 265 cm³/mol. The van der Waals surface area contributed by atoms with Crippen LogP contribution >= 0.6 is 0 Å². The highest BCUT2D eigenvalue weighted by Gasteiger charge is 2.23. The molecule has 0 saturated heterocycles. The maximum absolute atomic E-state index is 5.37. The molecule has 0 fully saturated rings. The number of fused-ring (bicyclic) bond motifs is 6. The van der Waals surface area contributed by atoms with Crippen LogP contribution in [0.15, 0.2) is 212 Å². The third kappa shape index (κ3) is 6.28. The second-order valence-corrected chi connectivity index (χ2v) is 16.6. The van der Waals surface area contributed by atoms with E-state index < -0.39 is 0 Å². The Morgan fingerprint density at radius 3 is 1.52 bits per heavy atom. The van der Waals surface area contributed by atoms with Gasteiger partial charge in [0.1, 0.15) is 0 Å². The molecule has 64 heavy (non-hydrogen) atoms. The summed E-state index contributed by atoms with van der Waals surface area (Å²) >= 11 is 0. The molecule has 5 nitrogen and oxygen atoms in total. The monoisotopic (exact) mass is 819 g/mol. The van der Waals surface area contributed by atoms with Gasteiger partial charge in [-0.05, 0) is 73.0 Å². The number of aromatic nitrogens is 5. The molecule has 12 rings (SSSR count). The van der Waals surface area contributed by atoms with Gasteiger partial charge in [0.15, 0.2) is 17.5 Å². The van der Waals surface area contributed by atoms with Gasteiger partial charge in [0.25, 0.3) is 0 Å². The fourth-order valence-corrected chi connectivity index (χ4v) is 9.65. The van der Waals surface area contributed by atoms with Crippen molar-refractivity contribution in [3.8, 4) is 67.8 Å². The Morgan fingerprint density at radius 2 is 0.844 bits per heavy atom. The molecule has 0 unspecified atom stereocenters. The molecule has 0 aliphatic carbocycles. The zero-order valence-electron chi connectivity index (χ0n) is 35.4. The number of rotatable bonds is 7. The Bertz CT molecular complexity index is 3660. The minimum atomic E-state index is 0.594. The normalized spacial score (nSPS) is 11.6. The van der Waals surface area contributed by atoms with Gasteiger partial charge in [-0.25, -0.2) is 15.0 Å². The van der Waals surface area contributed by atoms with Gasteiger partial charge in [-0.2, -0.15) is 0 Å². The minimum absolute atomic E-state index is 0.594. The second-order valence-electron chi connectivity index (χ2n) is 16.6. The van der Waals surface area contributed by atoms with Gasteiger partial charge in [-0.3, -0.25) is 0 Å². The van der Waals surface area contributed by atoms with Crippen LogP contribution in [0.2, 0.25) is 0 Å². The largest absolute Gasteiger partial charge is 0.309 e. The van der Waals surface area contributed by atoms with E-state index in [1.807, 2.05) is 36.4 Å². The molecule has 0 radical (unpaired) electrons.